The number of ether oxygens (including phenoxy) is 1. The van der Waals surface area contributed by atoms with Crippen molar-refractivity contribution in [1.29, 1.82) is 0 Å². The van der Waals surface area contributed by atoms with Gasteiger partial charge in [-0.25, -0.2) is 0 Å². The Morgan fingerprint density at radius 2 is 2.23 bits per heavy atom. The van der Waals surface area contributed by atoms with Crippen LogP contribution in [0.1, 0.15) is 12.8 Å². The molecule has 0 N–H and O–H groups in total. The van der Waals surface area contributed by atoms with Crippen LogP contribution >= 0.6 is 11.6 Å². The van der Waals surface area contributed by atoms with E-state index in [1.807, 2.05) is 11.9 Å². The number of likely N-dealkylation sites (N-methyl/N-ethyl adjacent to an activating group) is 1. The molecule has 76 valence electrons. The molecule has 0 aliphatic rings. The van der Waals surface area contributed by atoms with Crippen LogP contribution in [0.5, 0.6) is 0 Å². The fourth-order valence-corrected chi connectivity index (χ4v) is 1.17. The predicted octanol–water partition coefficient (Wildman–Crippen LogP) is 1.62. The molecule has 0 aliphatic carbocycles. The van der Waals surface area contributed by atoms with Gasteiger partial charge in [-0.15, -0.1) is 0 Å². The van der Waals surface area contributed by atoms with Crippen LogP contribution in [-0.2, 0) is 9.53 Å². The summed E-state index contributed by atoms with van der Waals surface area (Å²) in [6, 6.07) is 0. The molecule has 0 aliphatic heterocycles. The minimum Gasteiger partial charge on any atom is -0.469 e. The van der Waals surface area contributed by atoms with Crippen molar-refractivity contribution in [2.24, 2.45) is 0 Å². The van der Waals surface area contributed by atoms with Gasteiger partial charge in [-0.05, 0) is 20.0 Å². The largest absolute Gasteiger partial charge is 0.469 e. The lowest BCUT2D eigenvalue weighted by Gasteiger charge is -2.14. The maximum absolute atomic E-state index is 10.7. The Hall–Kier alpha value is -0.540. The van der Waals surface area contributed by atoms with E-state index in [0.29, 0.717) is 18.0 Å². The highest BCUT2D eigenvalue weighted by Gasteiger charge is 2.02. The Morgan fingerprint density at radius 3 is 2.69 bits per heavy atom. The molecule has 0 unspecified atom stereocenters. The lowest BCUT2D eigenvalue weighted by Crippen LogP contribution is -2.21. The normalized spacial score (nSPS) is 10.2. The molecule has 0 aromatic carbocycles. The molecule has 0 saturated carbocycles. The summed E-state index contributed by atoms with van der Waals surface area (Å²) in [6.45, 7) is 5.06. The smallest absolute Gasteiger partial charge is 0.305 e. The van der Waals surface area contributed by atoms with Gasteiger partial charge in [0.25, 0.3) is 0 Å². The maximum Gasteiger partial charge on any atom is 0.305 e. The zero-order valence-corrected chi connectivity index (χ0v) is 8.93. The number of carbonyl (C=O) groups is 1. The molecule has 0 saturated heterocycles. The molecule has 0 atom stereocenters. The van der Waals surface area contributed by atoms with E-state index in [4.69, 9.17) is 11.6 Å². The van der Waals surface area contributed by atoms with Crippen molar-refractivity contribution in [3.05, 3.63) is 11.6 Å². The van der Waals surface area contributed by atoms with Crippen LogP contribution in [0, 0.1) is 0 Å². The van der Waals surface area contributed by atoms with Gasteiger partial charge in [0.1, 0.15) is 0 Å². The van der Waals surface area contributed by atoms with Crippen molar-refractivity contribution >= 4 is 17.6 Å². The Morgan fingerprint density at radius 1 is 1.62 bits per heavy atom. The third-order valence-electron chi connectivity index (χ3n) is 1.59. The highest BCUT2D eigenvalue weighted by atomic mass is 35.5. The topological polar surface area (TPSA) is 29.5 Å². The minimum absolute atomic E-state index is 0.168. The lowest BCUT2D eigenvalue weighted by atomic mass is 10.3. The minimum atomic E-state index is -0.168. The van der Waals surface area contributed by atoms with E-state index in [2.05, 4.69) is 11.3 Å². The monoisotopic (exact) mass is 205 g/mol. The average Bonchev–Trinajstić information content (AvgIpc) is 2.02. The first-order valence-electron chi connectivity index (χ1n) is 4.15. The zero-order valence-electron chi connectivity index (χ0n) is 8.18. The van der Waals surface area contributed by atoms with E-state index in [1.165, 1.54) is 7.11 Å². The number of methoxy groups -OCH3 is 1. The van der Waals surface area contributed by atoms with Crippen LogP contribution < -0.4 is 0 Å². The van der Waals surface area contributed by atoms with Gasteiger partial charge in [0.2, 0.25) is 0 Å². The number of esters is 1. The molecule has 4 heteroatoms. The molecular formula is C9H16ClNO2. The van der Waals surface area contributed by atoms with E-state index < -0.39 is 0 Å². The number of nitrogens with zero attached hydrogens (tertiary/aromatic N) is 1. The van der Waals surface area contributed by atoms with Crippen LogP contribution in [0.2, 0.25) is 0 Å². The first-order chi connectivity index (χ1) is 6.06. The van der Waals surface area contributed by atoms with Gasteiger partial charge in [-0.3, -0.25) is 4.79 Å². The van der Waals surface area contributed by atoms with Gasteiger partial charge in [0.05, 0.1) is 7.11 Å². The molecule has 0 radical (unpaired) electrons. The highest BCUT2D eigenvalue weighted by molar-refractivity contribution is 6.29. The third-order valence-corrected chi connectivity index (χ3v) is 1.71. The molecule has 3 nitrogen and oxygen atoms in total. The molecule has 0 spiro atoms. The summed E-state index contributed by atoms with van der Waals surface area (Å²) in [5.74, 6) is -0.168. The van der Waals surface area contributed by atoms with E-state index in [-0.39, 0.29) is 5.97 Å². The van der Waals surface area contributed by atoms with Crippen LogP contribution in [0.4, 0.5) is 0 Å². The van der Waals surface area contributed by atoms with Gasteiger partial charge >= 0.3 is 5.97 Å². The van der Waals surface area contributed by atoms with E-state index >= 15 is 0 Å². The summed E-state index contributed by atoms with van der Waals surface area (Å²) < 4.78 is 4.51. The lowest BCUT2D eigenvalue weighted by molar-refractivity contribution is -0.140. The molecular weight excluding hydrogens is 190 g/mol. The molecule has 0 heterocycles. The number of hydrogen-bond acceptors (Lipinski definition) is 3. The second-order valence-electron chi connectivity index (χ2n) is 2.93. The summed E-state index contributed by atoms with van der Waals surface area (Å²) in [5, 5.41) is 0.612. The van der Waals surface area contributed by atoms with Gasteiger partial charge in [0, 0.05) is 18.0 Å². The van der Waals surface area contributed by atoms with Crippen molar-refractivity contribution in [2.75, 3.05) is 27.2 Å². The van der Waals surface area contributed by atoms with Crippen molar-refractivity contribution in [3.63, 3.8) is 0 Å². The molecule has 0 aromatic rings. The quantitative estimate of drug-likeness (QED) is 0.618. The second-order valence-corrected chi connectivity index (χ2v) is 3.47. The van der Waals surface area contributed by atoms with Crippen molar-refractivity contribution in [3.8, 4) is 0 Å². The molecule has 0 amide bonds. The van der Waals surface area contributed by atoms with Gasteiger partial charge in [-0.2, -0.15) is 0 Å². The van der Waals surface area contributed by atoms with Gasteiger partial charge in [0.15, 0.2) is 0 Å². The first kappa shape index (κ1) is 12.5. The van der Waals surface area contributed by atoms with Crippen molar-refractivity contribution in [1.82, 2.24) is 4.90 Å². The van der Waals surface area contributed by atoms with Gasteiger partial charge < -0.3 is 9.64 Å². The maximum atomic E-state index is 10.7. The zero-order chi connectivity index (χ0) is 10.3. The predicted molar refractivity (Wildman–Crippen MR) is 53.7 cm³/mol. The van der Waals surface area contributed by atoms with Crippen LogP contribution in [-0.4, -0.2) is 38.1 Å². The second kappa shape index (κ2) is 6.92. The molecule has 0 aromatic heterocycles. The summed E-state index contributed by atoms with van der Waals surface area (Å²) >= 11 is 5.61. The van der Waals surface area contributed by atoms with Crippen LogP contribution in [0.3, 0.4) is 0 Å². The molecule has 0 bridgehead atoms. The van der Waals surface area contributed by atoms with Gasteiger partial charge in [-0.1, -0.05) is 18.2 Å². The Kier molecular flexibility index (Phi) is 6.63. The third kappa shape index (κ3) is 7.81. The van der Waals surface area contributed by atoms with E-state index in [1.54, 1.807) is 0 Å². The SMILES string of the molecule is C=C(Cl)CN(C)CCCC(=O)OC. The molecule has 0 rings (SSSR count). The molecule has 13 heavy (non-hydrogen) atoms. The number of rotatable bonds is 6. The van der Waals surface area contributed by atoms with E-state index in [9.17, 15) is 4.79 Å². The fourth-order valence-electron chi connectivity index (χ4n) is 0.967. The first-order valence-corrected chi connectivity index (χ1v) is 4.52. The number of carbonyl (C=O) groups excluding carboxylic acids is 1. The van der Waals surface area contributed by atoms with Crippen LogP contribution in [0.15, 0.2) is 11.6 Å². The summed E-state index contributed by atoms with van der Waals surface area (Å²) in [7, 11) is 3.33. The number of hydrogen-bond donors (Lipinski definition) is 0. The standard InChI is InChI=1S/C9H16ClNO2/c1-8(10)7-11(2)6-4-5-9(12)13-3/h1,4-7H2,2-3H3. The Labute approximate surface area is 84.3 Å². The molecule has 0 fully saturated rings. The summed E-state index contributed by atoms with van der Waals surface area (Å²) in [5.41, 5.74) is 0. The summed E-state index contributed by atoms with van der Waals surface area (Å²) in [6.07, 6.45) is 1.24. The Bertz CT molecular complexity index is 182. The number of halogens is 1. The van der Waals surface area contributed by atoms with Crippen LogP contribution in [0.25, 0.3) is 0 Å². The average molecular weight is 206 g/mol. The fraction of sp³-hybridized carbons (Fsp3) is 0.667. The van der Waals surface area contributed by atoms with Crippen molar-refractivity contribution < 1.29 is 9.53 Å². The highest BCUT2D eigenvalue weighted by Crippen LogP contribution is 2.01. The summed E-state index contributed by atoms with van der Waals surface area (Å²) in [4.78, 5) is 12.7. The van der Waals surface area contributed by atoms with Crippen molar-refractivity contribution in [2.45, 2.75) is 12.8 Å². The Balaban J connectivity index is 3.42. The van der Waals surface area contributed by atoms with E-state index in [0.717, 1.165) is 13.0 Å².